The summed E-state index contributed by atoms with van der Waals surface area (Å²) in [7, 11) is 0. The van der Waals surface area contributed by atoms with Crippen molar-refractivity contribution in [3.8, 4) is 0 Å². The Morgan fingerprint density at radius 2 is 2.29 bits per heavy atom. The monoisotopic (exact) mass is 252 g/mol. The zero-order valence-electron chi connectivity index (χ0n) is 9.86. The van der Waals surface area contributed by atoms with Crippen LogP contribution in [0.15, 0.2) is 12.1 Å². The molecule has 0 saturated heterocycles. The summed E-state index contributed by atoms with van der Waals surface area (Å²) in [6, 6.07) is 3.98. The molecule has 1 aliphatic carbocycles. The van der Waals surface area contributed by atoms with Crippen LogP contribution in [0.5, 0.6) is 0 Å². The van der Waals surface area contributed by atoms with E-state index in [0.717, 1.165) is 38.4 Å². The number of rotatable bonds is 4. The number of fused-ring (bicyclic) bond motifs is 1. The molecule has 0 aromatic carbocycles. The summed E-state index contributed by atoms with van der Waals surface area (Å²) in [5.41, 5.74) is 2.48. The summed E-state index contributed by atoms with van der Waals surface area (Å²) in [4.78, 5) is 6.81. The quantitative estimate of drug-likeness (QED) is 0.769. The molecule has 2 heterocycles. The summed E-state index contributed by atoms with van der Waals surface area (Å²) in [6.07, 6.45) is 4.07. The minimum Gasteiger partial charge on any atom is -0.377 e. The van der Waals surface area contributed by atoms with Crippen LogP contribution in [0.4, 0.5) is 0 Å². The first kappa shape index (κ1) is 11.5. The van der Waals surface area contributed by atoms with Gasteiger partial charge in [0, 0.05) is 31.7 Å². The first-order valence-corrected chi connectivity index (χ1v) is 6.67. The number of aromatic nitrogens is 1. The zero-order valence-corrected chi connectivity index (χ0v) is 10.6. The Morgan fingerprint density at radius 1 is 1.41 bits per heavy atom. The van der Waals surface area contributed by atoms with E-state index in [0.29, 0.717) is 11.3 Å². The molecular formula is C13H17ClN2O. The van der Waals surface area contributed by atoms with Crippen LogP contribution in [-0.2, 0) is 17.7 Å². The van der Waals surface area contributed by atoms with Gasteiger partial charge in [0.1, 0.15) is 5.15 Å². The smallest absolute Gasteiger partial charge is 0.129 e. The zero-order chi connectivity index (χ0) is 11.7. The van der Waals surface area contributed by atoms with Gasteiger partial charge in [-0.2, -0.15) is 0 Å². The van der Waals surface area contributed by atoms with Crippen molar-refractivity contribution in [1.82, 2.24) is 9.88 Å². The van der Waals surface area contributed by atoms with Gasteiger partial charge in [0.25, 0.3) is 0 Å². The highest BCUT2D eigenvalue weighted by Crippen LogP contribution is 2.23. The molecular weight excluding hydrogens is 236 g/mol. The second kappa shape index (κ2) is 4.92. The second-order valence-corrected chi connectivity index (χ2v) is 5.22. The molecule has 0 spiro atoms. The predicted octanol–water partition coefficient (Wildman–Crippen LogP) is 2.27. The molecule has 17 heavy (non-hydrogen) atoms. The van der Waals surface area contributed by atoms with E-state index in [4.69, 9.17) is 16.3 Å². The molecule has 1 aromatic heterocycles. The van der Waals surface area contributed by atoms with Crippen molar-refractivity contribution in [1.29, 1.82) is 0 Å². The Bertz CT molecular complexity index is 406. The summed E-state index contributed by atoms with van der Waals surface area (Å²) in [5.74, 6) is 0. The maximum Gasteiger partial charge on any atom is 0.129 e. The van der Waals surface area contributed by atoms with Crippen molar-refractivity contribution in [3.05, 3.63) is 28.5 Å². The third kappa shape index (κ3) is 2.97. The summed E-state index contributed by atoms with van der Waals surface area (Å²) in [5, 5.41) is 0.606. The normalized spacial score (nSPS) is 20.3. The minimum absolute atomic E-state index is 0.563. The number of hydrogen-bond acceptors (Lipinski definition) is 3. The molecule has 3 nitrogen and oxygen atoms in total. The third-order valence-corrected chi connectivity index (χ3v) is 3.59. The van der Waals surface area contributed by atoms with E-state index in [9.17, 15) is 0 Å². The predicted molar refractivity (Wildman–Crippen MR) is 67.2 cm³/mol. The van der Waals surface area contributed by atoms with Gasteiger partial charge in [0.15, 0.2) is 0 Å². The van der Waals surface area contributed by atoms with Crippen molar-refractivity contribution in [2.45, 2.75) is 31.9 Å². The Labute approximate surface area is 107 Å². The van der Waals surface area contributed by atoms with Crippen molar-refractivity contribution in [2.24, 2.45) is 0 Å². The highest BCUT2D eigenvalue weighted by molar-refractivity contribution is 6.29. The topological polar surface area (TPSA) is 25.4 Å². The van der Waals surface area contributed by atoms with Crippen molar-refractivity contribution >= 4 is 11.6 Å². The number of nitrogens with zero attached hydrogens (tertiary/aromatic N) is 2. The van der Waals surface area contributed by atoms with E-state index >= 15 is 0 Å². The molecule has 1 aliphatic heterocycles. The van der Waals surface area contributed by atoms with Gasteiger partial charge in [-0.15, -0.1) is 0 Å². The van der Waals surface area contributed by atoms with Crippen LogP contribution in [-0.4, -0.2) is 35.7 Å². The maximum atomic E-state index is 5.89. The van der Waals surface area contributed by atoms with Gasteiger partial charge in [0.05, 0.1) is 12.7 Å². The number of pyridine rings is 1. The Balaban J connectivity index is 1.54. The molecule has 0 radical (unpaired) electrons. The largest absolute Gasteiger partial charge is 0.377 e. The molecule has 0 amide bonds. The standard InChI is InChI=1S/C13H17ClN2O/c14-13-4-1-10-9-16(6-5-12(10)15-13)7-8-17-11-2-3-11/h1,4,11H,2-3,5-9H2. The van der Waals surface area contributed by atoms with Gasteiger partial charge in [-0.05, 0) is 24.5 Å². The molecule has 2 aliphatic rings. The summed E-state index contributed by atoms with van der Waals surface area (Å²) >= 11 is 5.89. The molecule has 0 atom stereocenters. The first-order chi connectivity index (χ1) is 8.31. The molecule has 1 fully saturated rings. The minimum atomic E-state index is 0.563. The van der Waals surface area contributed by atoms with E-state index in [2.05, 4.69) is 16.0 Å². The lowest BCUT2D eigenvalue weighted by Gasteiger charge is -2.27. The van der Waals surface area contributed by atoms with E-state index in [1.54, 1.807) is 0 Å². The van der Waals surface area contributed by atoms with Crippen molar-refractivity contribution in [3.63, 3.8) is 0 Å². The number of hydrogen-bond donors (Lipinski definition) is 0. The van der Waals surface area contributed by atoms with Crippen molar-refractivity contribution < 1.29 is 4.74 Å². The van der Waals surface area contributed by atoms with Gasteiger partial charge in [0.2, 0.25) is 0 Å². The lowest BCUT2D eigenvalue weighted by Crippen LogP contribution is -2.33. The average molecular weight is 253 g/mol. The van der Waals surface area contributed by atoms with E-state index in [-0.39, 0.29) is 0 Å². The highest BCUT2D eigenvalue weighted by Gasteiger charge is 2.23. The van der Waals surface area contributed by atoms with Crippen LogP contribution in [0, 0.1) is 0 Å². The number of halogens is 1. The van der Waals surface area contributed by atoms with Crippen LogP contribution in [0.25, 0.3) is 0 Å². The second-order valence-electron chi connectivity index (χ2n) is 4.84. The molecule has 3 rings (SSSR count). The first-order valence-electron chi connectivity index (χ1n) is 6.29. The molecule has 92 valence electrons. The SMILES string of the molecule is Clc1ccc2c(n1)CCN(CCOC1CC1)C2. The molecule has 0 bridgehead atoms. The van der Waals surface area contributed by atoms with Gasteiger partial charge in [-0.3, -0.25) is 4.90 Å². The van der Waals surface area contributed by atoms with Gasteiger partial charge in [-0.1, -0.05) is 17.7 Å². The summed E-state index contributed by atoms with van der Waals surface area (Å²) < 4.78 is 5.68. The molecule has 1 aromatic rings. The fourth-order valence-electron chi connectivity index (χ4n) is 2.22. The Morgan fingerprint density at radius 3 is 3.12 bits per heavy atom. The van der Waals surface area contributed by atoms with Crippen LogP contribution >= 0.6 is 11.6 Å². The highest BCUT2D eigenvalue weighted by atomic mass is 35.5. The molecule has 4 heteroatoms. The number of ether oxygens (including phenoxy) is 1. The molecule has 0 N–H and O–H groups in total. The fraction of sp³-hybridized carbons (Fsp3) is 0.615. The van der Waals surface area contributed by atoms with E-state index in [1.807, 2.05) is 6.07 Å². The fourth-order valence-corrected chi connectivity index (χ4v) is 2.39. The van der Waals surface area contributed by atoms with Gasteiger partial charge < -0.3 is 4.74 Å². The summed E-state index contributed by atoms with van der Waals surface area (Å²) in [6.45, 7) is 3.93. The average Bonchev–Trinajstić information content (AvgIpc) is 3.13. The lowest BCUT2D eigenvalue weighted by atomic mass is 10.1. The molecule has 1 saturated carbocycles. The lowest BCUT2D eigenvalue weighted by molar-refractivity contribution is 0.0876. The van der Waals surface area contributed by atoms with Gasteiger partial charge >= 0.3 is 0 Å². The van der Waals surface area contributed by atoms with Crippen LogP contribution in [0.2, 0.25) is 5.15 Å². The van der Waals surface area contributed by atoms with Crippen molar-refractivity contribution in [2.75, 3.05) is 19.7 Å². The van der Waals surface area contributed by atoms with Gasteiger partial charge in [-0.25, -0.2) is 4.98 Å². The maximum absolute atomic E-state index is 5.89. The van der Waals surface area contributed by atoms with Crippen LogP contribution in [0.3, 0.4) is 0 Å². The van der Waals surface area contributed by atoms with E-state index in [1.165, 1.54) is 18.4 Å². The third-order valence-electron chi connectivity index (χ3n) is 3.38. The van der Waals surface area contributed by atoms with Crippen LogP contribution < -0.4 is 0 Å². The van der Waals surface area contributed by atoms with Crippen LogP contribution in [0.1, 0.15) is 24.1 Å². The Kier molecular flexibility index (Phi) is 3.32. The van der Waals surface area contributed by atoms with E-state index < -0.39 is 0 Å². The molecule has 0 unspecified atom stereocenters. The Hall–Kier alpha value is -0.640.